The summed E-state index contributed by atoms with van der Waals surface area (Å²) < 4.78 is 15.3. The molecule has 2 aliphatic rings. The summed E-state index contributed by atoms with van der Waals surface area (Å²) in [5.41, 5.74) is 0. The molecular weight excluding hydrogens is 232 g/mol. The molecule has 7 nitrogen and oxygen atoms in total. The van der Waals surface area contributed by atoms with Gasteiger partial charge in [0.1, 0.15) is 31.0 Å². The fourth-order valence-corrected chi connectivity index (χ4v) is 1.89. The number of carbonyl (C=O) groups excluding carboxylic acids is 1. The molecule has 2 fully saturated rings. The quantitative estimate of drug-likeness (QED) is 0.492. The highest BCUT2D eigenvalue weighted by Crippen LogP contribution is 2.24. The molecule has 7 heteroatoms. The highest BCUT2D eigenvalue weighted by Gasteiger charge is 2.44. The molecule has 0 spiro atoms. The lowest BCUT2D eigenvalue weighted by Gasteiger charge is -2.39. The molecule has 0 aliphatic carbocycles. The van der Waals surface area contributed by atoms with Crippen LogP contribution in [-0.4, -0.2) is 64.7 Å². The van der Waals surface area contributed by atoms with Gasteiger partial charge in [-0.1, -0.05) is 0 Å². The summed E-state index contributed by atoms with van der Waals surface area (Å²) >= 11 is 0. The maximum Gasteiger partial charge on any atom is 0.308 e. The molecule has 2 saturated heterocycles. The monoisotopic (exact) mass is 248 g/mol. The van der Waals surface area contributed by atoms with Crippen molar-refractivity contribution in [2.24, 2.45) is 0 Å². The summed E-state index contributed by atoms with van der Waals surface area (Å²) in [5, 5.41) is 28.7. The molecule has 0 aromatic rings. The average molecular weight is 248 g/mol. The molecule has 0 amide bonds. The van der Waals surface area contributed by atoms with E-state index >= 15 is 0 Å². The van der Waals surface area contributed by atoms with E-state index in [1.807, 2.05) is 0 Å². The molecule has 3 N–H and O–H groups in total. The number of esters is 1. The Morgan fingerprint density at radius 3 is 2.53 bits per heavy atom. The maximum absolute atomic E-state index is 10.9. The molecule has 98 valence electrons. The van der Waals surface area contributed by atoms with Crippen LogP contribution in [0.3, 0.4) is 0 Å². The summed E-state index contributed by atoms with van der Waals surface area (Å²) in [6, 6.07) is 0. The van der Waals surface area contributed by atoms with Crippen LogP contribution in [0.4, 0.5) is 0 Å². The molecule has 0 bridgehead atoms. The number of rotatable bonds is 2. The van der Waals surface area contributed by atoms with E-state index in [1.165, 1.54) is 0 Å². The van der Waals surface area contributed by atoms with Crippen molar-refractivity contribution >= 4 is 5.97 Å². The molecule has 0 aromatic carbocycles. The average Bonchev–Trinajstić information content (AvgIpc) is 2.69. The van der Waals surface area contributed by atoms with Crippen LogP contribution < -0.4 is 0 Å². The lowest BCUT2D eigenvalue weighted by molar-refractivity contribution is -0.303. The van der Waals surface area contributed by atoms with Gasteiger partial charge in [-0.3, -0.25) is 4.79 Å². The van der Waals surface area contributed by atoms with Gasteiger partial charge in [0.15, 0.2) is 6.29 Å². The third kappa shape index (κ3) is 2.58. The lowest BCUT2D eigenvalue weighted by Crippen LogP contribution is -2.58. The number of carbonyl (C=O) groups is 1. The van der Waals surface area contributed by atoms with Gasteiger partial charge in [0.25, 0.3) is 0 Å². The van der Waals surface area contributed by atoms with Crippen LogP contribution in [0.15, 0.2) is 0 Å². The minimum absolute atomic E-state index is 0.0968. The zero-order chi connectivity index (χ0) is 12.6. The number of hydrogen-bond donors (Lipinski definition) is 3. The molecular formula is C10H16O7. The molecule has 2 aliphatic heterocycles. The van der Waals surface area contributed by atoms with E-state index in [0.717, 1.165) is 0 Å². The summed E-state index contributed by atoms with van der Waals surface area (Å²) in [4.78, 5) is 10.9. The summed E-state index contributed by atoms with van der Waals surface area (Å²) in [6.45, 7) is 1.67. The van der Waals surface area contributed by atoms with Gasteiger partial charge in [-0.2, -0.15) is 0 Å². The molecule has 0 saturated carbocycles. The predicted molar refractivity (Wildman–Crippen MR) is 52.8 cm³/mol. The van der Waals surface area contributed by atoms with Crippen LogP contribution in [0.2, 0.25) is 0 Å². The van der Waals surface area contributed by atoms with Crippen molar-refractivity contribution in [1.29, 1.82) is 0 Å². The van der Waals surface area contributed by atoms with Crippen LogP contribution in [0.25, 0.3) is 0 Å². The Morgan fingerprint density at radius 2 is 1.94 bits per heavy atom. The van der Waals surface area contributed by atoms with E-state index < -0.39 is 36.8 Å². The minimum atomic E-state index is -1.35. The van der Waals surface area contributed by atoms with Gasteiger partial charge in [-0.05, 0) is 6.92 Å². The van der Waals surface area contributed by atoms with Crippen LogP contribution in [0.5, 0.6) is 0 Å². The number of ether oxygens (including phenoxy) is 3. The van der Waals surface area contributed by atoms with Gasteiger partial charge in [-0.25, -0.2) is 0 Å². The normalized spacial score (nSPS) is 46.9. The van der Waals surface area contributed by atoms with Gasteiger partial charge in [0, 0.05) is 0 Å². The zero-order valence-corrected chi connectivity index (χ0v) is 9.35. The zero-order valence-electron chi connectivity index (χ0n) is 9.35. The first kappa shape index (κ1) is 12.7. The Bertz CT molecular complexity index is 294. The van der Waals surface area contributed by atoms with Crippen molar-refractivity contribution in [3.63, 3.8) is 0 Å². The first-order valence-corrected chi connectivity index (χ1v) is 5.50. The van der Waals surface area contributed by atoms with E-state index in [0.29, 0.717) is 0 Å². The second kappa shape index (κ2) is 4.87. The van der Waals surface area contributed by atoms with E-state index in [4.69, 9.17) is 14.2 Å². The van der Waals surface area contributed by atoms with Crippen molar-refractivity contribution in [3.8, 4) is 0 Å². The highest BCUT2D eigenvalue weighted by atomic mass is 16.7. The van der Waals surface area contributed by atoms with E-state index in [2.05, 4.69) is 0 Å². The molecule has 0 aromatic heterocycles. The fourth-order valence-electron chi connectivity index (χ4n) is 1.89. The van der Waals surface area contributed by atoms with Crippen molar-refractivity contribution in [3.05, 3.63) is 0 Å². The van der Waals surface area contributed by atoms with E-state index in [1.54, 1.807) is 6.92 Å². The predicted octanol–water partition coefficient (Wildman–Crippen LogP) is -1.85. The third-order valence-corrected chi connectivity index (χ3v) is 2.96. The van der Waals surface area contributed by atoms with Crippen molar-refractivity contribution < 1.29 is 34.3 Å². The molecule has 17 heavy (non-hydrogen) atoms. The standard InChI is InChI=1S/C10H16O7/c1-4-7(12)8(13)9(14)10(16-4)17-5-2-6(11)15-3-5/h4-5,7-10,12-14H,2-3H2,1H3/t4-,5+,7-,8+,9+,10-/m0/s1. The van der Waals surface area contributed by atoms with E-state index in [9.17, 15) is 20.1 Å². The summed E-state index contributed by atoms with van der Waals surface area (Å²) in [5.74, 6) is -0.367. The molecule has 6 atom stereocenters. The van der Waals surface area contributed by atoms with Gasteiger partial charge < -0.3 is 29.5 Å². The molecule has 0 radical (unpaired) electrons. The second-order valence-electron chi connectivity index (χ2n) is 4.33. The smallest absolute Gasteiger partial charge is 0.308 e. The largest absolute Gasteiger partial charge is 0.463 e. The van der Waals surface area contributed by atoms with Crippen molar-refractivity contribution in [2.45, 2.75) is 50.2 Å². The van der Waals surface area contributed by atoms with Gasteiger partial charge in [-0.15, -0.1) is 0 Å². The van der Waals surface area contributed by atoms with Crippen LogP contribution in [-0.2, 0) is 19.0 Å². The van der Waals surface area contributed by atoms with Gasteiger partial charge >= 0.3 is 5.97 Å². The van der Waals surface area contributed by atoms with Crippen LogP contribution in [0.1, 0.15) is 13.3 Å². The van der Waals surface area contributed by atoms with Crippen LogP contribution in [0, 0.1) is 0 Å². The third-order valence-electron chi connectivity index (χ3n) is 2.96. The van der Waals surface area contributed by atoms with Crippen LogP contribution >= 0.6 is 0 Å². The topological polar surface area (TPSA) is 105 Å². The number of aliphatic hydroxyl groups is 3. The van der Waals surface area contributed by atoms with Crippen molar-refractivity contribution in [1.82, 2.24) is 0 Å². The highest BCUT2D eigenvalue weighted by molar-refractivity contribution is 5.71. The molecule has 0 unspecified atom stereocenters. The second-order valence-corrected chi connectivity index (χ2v) is 4.33. The minimum Gasteiger partial charge on any atom is -0.463 e. The Morgan fingerprint density at radius 1 is 1.24 bits per heavy atom. The first-order chi connectivity index (χ1) is 7.99. The summed E-state index contributed by atoms with van der Waals surface area (Å²) in [6.07, 6.45) is -5.96. The Kier molecular flexibility index (Phi) is 3.64. The molecule has 2 rings (SSSR count). The Balaban J connectivity index is 1.94. The first-order valence-electron chi connectivity index (χ1n) is 5.50. The number of aliphatic hydroxyl groups excluding tert-OH is 3. The number of hydrogen-bond acceptors (Lipinski definition) is 7. The van der Waals surface area contributed by atoms with Crippen molar-refractivity contribution in [2.75, 3.05) is 6.61 Å². The van der Waals surface area contributed by atoms with E-state index in [-0.39, 0.29) is 19.0 Å². The van der Waals surface area contributed by atoms with Gasteiger partial charge in [0.05, 0.1) is 12.5 Å². The lowest BCUT2D eigenvalue weighted by atomic mass is 10.00. The maximum atomic E-state index is 10.9. The Labute approximate surface area is 97.9 Å². The van der Waals surface area contributed by atoms with Gasteiger partial charge in [0.2, 0.25) is 0 Å². The summed E-state index contributed by atoms with van der Waals surface area (Å²) in [7, 11) is 0. The molecule has 2 heterocycles. The number of cyclic esters (lactones) is 1. The Hall–Kier alpha value is -0.730. The SMILES string of the molecule is C[C@@H]1O[C@@H](O[C@H]2COC(=O)C2)[C@H](O)[C@H](O)[C@H]1O. The fraction of sp³-hybridized carbons (Fsp3) is 0.900.